The van der Waals surface area contributed by atoms with Gasteiger partial charge >= 0.3 is 0 Å². The Morgan fingerprint density at radius 1 is 1.34 bits per heavy atom. The number of imidazole rings is 1. The molecule has 0 unspecified atom stereocenters. The van der Waals surface area contributed by atoms with E-state index in [1.165, 1.54) is 17.2 Å². The van der Waals surface area contributed by atoms with Crippen molar-refractivity contribution in [3.8, 4) is 0 Å². The van der Waals surface area contributed by atoms with Gasteiger partial charge < -0.3 is 19.9 Å². The molecular weight excluding hydrogens is 402 g/mol. The summed E-state index contributed by atoms with van der Waals surface area (Å²) in [6.45, 7) is -0.535. The summed E-state index contributed by atoms with van der Waals surface area (Å²) in [5, 5.41) is 30.7. The Hall–Kier alpha value is -2.80. The molecule has 3 aromatic rings. The Morgan fingerprint density at radius 3 is 2.79 bits per heavy atom. The molecule has 152 valence electrons. The van der Waals surface area contributed by atoms with Crippen molar-refractivity contribution in [1.29, 1.82) is 0 Å². The number of nitrogens with one attached hydrogen (secondary N) is 1. The normalized spacial score (nSPS) is 26.8. The van der Waals surface area contributed by atoms with E-state index < -0.39 is 39.7 Å². The Bertz CT molecular complexity index is 1090. The number of rotatable bonds is 6. The van der Waals surface area contributed by atoms with Crippen LogP contribution < -0.4 is 5.56 Å². The zero-order chi connectivity index (χ0) is 20.6. The lowest BCUT2D eigenvalue weighted by Gasteiger charge is -2.33. The minimum atomic E-state index is -1.51. The van der Waals surface area contributed by atoms with Crippen LogP contribution in [0.3, 0.4) is 0 Å². The SMILES string of the molecule is O=c1[nH]cnc2c1ncn2[C@]1(Cc2ccccc2)O[C@H](CO)[C@@H](O)[C@H]1S[N+](=O)[O-]. The molecule has 2 aromatic heterocycles. The Morgan fingerprint density at radius 2 is 2.10 bits per heavy atom. The fourth-order valence-corrected chi connectivity index (χ4v) is 4.58. The van der Waals surface area contributed by atoms with Crippen molar-refractivity contribution in [2.45, 2.75) is 29.6 Å². The summed E-state index contributed by atoms with van der Waals surface area (Å²) in [6.07, 6.45) is 0.237. The van der Waals surface area contributed by atoms with Gasteiger partial charge in [-0.3, -0.25) is 19.5 Å². The Kier molecular flexibility index (Phi) is 5.08. The number of ether oxygens (including phenoxy) is 1. The first kappa shape index (κ1) is 19.5. The maximum absolute atomic E-state index is 12.1. The lowest BCUT2D eigenvalue weighted by molar-refractivity contribution is -0.287. The molecule has 4 rings (SSSR count). The molecule has 3 N–H and O–H groups in total. The predicted octanol–water partition coefficient (Wildman–Crippen LogP) is 0.0606. The third kappa shape index (κ3) is 3.29. The summed E-state index contributed by atoms with van der Waals surface area (Å²) in [6, 6.07) is 9.08. The average Bonchev–Trinajstić information content (AvgIpc) is 3.25. The fraction of sp³-hybridized carbons (Fsp3) is 0.353. The predicted molar refractivity (Wildman–Crippen MR) is 103 cm³/mol. The maximum atomic E-state index is 12.1. The number of nitro groups is 1. The summed E-state index contributed by atoms with van der Waals surface area (Å²) in [5.74, 6) is 0. The van der Waals surface area contributed by atoms with Gasteiger partial charge in [-0.2, -0.15) is 0 Å². The topological polar surface area (TPSA) is 156 Å². The van der Waals surface area contributed by atoms with Gasteiger partial charge in [0.2, 0.25) is 11.9 Å². The van der Waals surface area contributed by atoms with E-state index in [4.69, 9.17) is 4.74 Å². The van der Waals surface area contributed by atoms with E-state index in [1.807, 2.05) is 30.3 Å². The van der Waals surface area contributed by atoms with Gasteiger partial charge in [0.1, 0.15) is 16.5 Å². The molecule has 1 aromatic carbocycles. The van der Waals surface area contributed by atoms with Crippen molar-refractivity contribution in [1.82, 2.24) is 19.5 Å². The number of H-pyrrole nitrogens is 1. The van der Waals surface area contributed by atoms with Crippen LogP contribution >= 0.6 is 11.9 Å². The second-order valence-corrected chi connectivity index (χ2v) is 7.62. The number of aromatic nitrogens is 4. The second kappa shape index (κ2) is 7.55. The van der Waals surface area contributed by atoms with E-state index >= 15 is 0 Å². The summed E-state index contributed by atoms with van der Waals surface area (Å²) < 4.78 is 6.89. The van der Waals surface area contributed by atoms with Crippen LogP contribution in [0.15, 0.2) is 47.8 Å². The maximum Gasteiger partial charge on any atom is 0.278 e. The molecule has 0 spiro atoms. The highest BCUT2D eigenvalue weighted by Crippen LogP contribution is 2.45. The molecule has 0 bridgehead atoms. The highest BCUT2D eigenvalue weighted by molar-refractivity contribution is 7.94. The smallest absolute Gasteiger partial charge is 0.278 e. The van der Waals surface area contributed by atoms with Gasteiger partial charge in [0.05, 0.1) is 19.3 Å². The minimum Gasteiger partial charge on any atom is -0.394 e. The largest absolute Gasteiger partial charge is 0.394 e. The van der Waals surface area contributed by atoms with Gasteiger partial charge in [-0.25, -0.2) is 9.97 Å². The summed E-state index contributed by atoms with van der Waals surface area (Å²) in [4.78, 5) is 34.1. The molecule has 0 radical (unpaired) electrons. The molecule has 1 aliphatic rings. The average molecular weight is 419 g/mol. The fourth-order valence-electron chi connectivity index (χ4n) is 3.68. The third-order valence-corrected chi connectivity index (χ3v) is 5.96. The molecule has 1 saturated heterocycles. The number of aromatic amines is 1. The van der Waals surface area contributed by atoms with Crippen molar-refractivity contribution < 1.29 is 19.3 Å². The van der Waals surface area contributed by atoms with Crippen LogP contribution in [-0.2, 0) is 16.9 Å². The Balaban J connectivity index is 1.94. The summed E-state index contributed by atoms with van der Waals surface area (Å²) in [5.41, 5.74) is -1.01. The molecule has 0 amide bonds. The number of benzene rings is 1. The van der Waals surface area contributed by atoms with Crippen LogP contribution in [0, 0.1) is 10.1 Å². The molecule has 1 aliphatic heterocycles. The number of fused-ring (bicyclic) bond motifs is 1. The van der Waals surface area contributed by atoms with Crippen molar-refractivity contribution in [3.05, 3.63) is 69.0 Å². The van der Waals surface area contributed by atoms with Crippen molar-refractivity contribution in [2.24, 2.45) is 0 Å². The number of hydrogen-bond acceptors (Lipinski definition) is 9. The Labute approximate surface area is 167 Å². The highest BCUT2D eigenvalue weighted by Gasteiger charge is 2.60. The third-order valence-electron chi connectivity index (χ3n) is 4.92. The first-order chi connectivity index (χ1) is 14.0. The molecule has 11 nitrogen and oxygen atoms in total. The summed E-state index contributed by atoms with van der Waals surface area (Å²) in [7, 11) is 0. The van der Waals surface area contributed by atoms with E-state index in [1.54, 1.807) is 0 Å². The molecule has 0 aliphatic carbocycles. The van der Waals surface area contributed by atoms with Crippen molar-refractivity contribution in [2.75, 3.05) is 6.61 Å². The van der Waals surface area contributed by atoms with E-state index in [2.05, 4.69) is 15.0 Å². The number of nitrogens with zero attached hydrogens (tertiary/aromatic N) is 4. The lowest BCUT2D eigenvalue weighted by atomic mass is 9.97. The van der Waals surface area contributed by atoms with E-state index in [0.717, 1.165) is 5.56 Å². The second-order valence-electron chi connectivity index (χ2n) is 6.60. The molecule has 3 heterocycles. The van der Waals surface area contributed by atoms with Crippen LogP contribution in [0.2, 0.25) is 0 Å². The van der Waals surface area contributed by atoms with Gasteiger partial charge in [0, 0.05) is 6.42 Å². The van der Waals surface area contributed by atoms with Crippen molar-refractivity contribution in [3.63, 3.8) is 0 Å². The van der Waals surface area contributed by atoms with Gasteiger partial charge in [0.25, 0.3) is 5.56 Å². The highest BCUT2D eigenvalue weighted by atomic mass is 32.2. The van der Waals surface area contributed by atoms with Crippen LogP contribution in [0.4, 0.5) is 0 Å². The monoisotopic (exact) mass is 419 g/mol. The van der Waals surface area contributed by atoms with E-state index in [0.29, 0.717) is 11.9 Å². The number of aliphatic hydroxyl groups excluding tert-OH is 2. The first-order valence-corrected chi connectivity index (χ1v) is 9.53. The standard InChI is InChI=1S/C17H17N5O6S/c23-7-11-13(24)14(29-22(26)27)17(28-11,6-10-4-2-1-3-5-10)21-9-20-12-15(21)18-8-19-16(12)25/h1-5,8-9,11,13-14,23-24H,6-7H2,(H,18,19,25)/t11-,13-,14-,17-/m1/s1. The minimum absolute atomic E-state index is 0.0373. The van der Waals surface area contributed by atoms with Crippen LogP contribution in [0.5, 0.6) is 0 Å². The zero-order valence-corrected chi connectivity index (χ0v) is 15.7. The molecule has 4 atom stereocenters. The zero-order valence-electron chi connectivity index (χ0n) is 14.9. The lowest BCUT2D eigenvalue weighted by Crippen LogP contribution is -2.46. The molecule has 12 heteroatoms. The first-order valence-electron chi connectivity index (χ1n) is 8.69. The van der Waals surface area contributed by atoms with Crippen molar-refractivity contribution >= 4 is 23.1 Å². The molecule has 1 fully saturated rings. The van der Waals surface area contributed by atoms with Gasteiger partial charge in [0.15, 0.2) is 22.1 Å². The van der Waals surface area contributed by atoms with Crippen LogP contribution in [0.1, 0.15) is 5.56 Å². The number of aliphatic hydroxyl groups is 2. The van der Waals surface area contributed by atoms with E-state index in [9.17, 15) is 25.1 Å². The van der Waals surface area contributed by atoms with Gasteiger partial charge in [-0.05, 0) is 5.56 Å². The summed E-state index contributed by atoms with van der Waals surface area (Å²) >= 11 is 0.300. The molecule has 0 saturated carbocycles. The molecular formula is C17H17N5O6S. The van der Waals surface area contributed by atoms with E-state index in [-0.39, 0.29) is 17.6 Å². The number of hydrogen-bond donors (Lipinski definition) is 3. The van der Waals surface area contributed by atoms with Gasteiger partial charge in [-0.15, -0.1) is 0 Å². The van der Waals surface area contributed by atoms with Crippen LogP contribution in [-0.4, -0.2) is 58.1 Å². The van der Waals surface area contributed by atoms with Crippen LogP contribution in [0.25, 0.3) is 11.2 Å². The quantitative estimate of drug-likeness (QED) is 0.285. The molecule has 29 heavy (non-hydrogen) atoms. The van der Waals surface area contributed by atoms with Gasteiger partial charge in [-0.1, -0.05) is 30.3 Å².